The molecule has 4 aromatic rings. The molecule has 4 rings (SSSR count). The maximum Gasteiger partial charge on any atom is 0.270 e. The van der Waals surface area contributed by atoms with Crippen LogP contribution in [0.15, 0.2) is 84.5 Å². The Balaban J connectivity index is 1.46. The van der Waals surface area contributed by atoms with Gasteiger partial charge in [0.15, 0.2) is 0 Å². The minimum atomic E-state index is -0.471. The van der Waals surface area contributed by atoms with Gasteiger partial charge < -0.3 is 5.32 Å². The Morgan fingerprint density at radius 3 is 2.65 bits per heavy atom. The second-order valence-corrected chi connectivity index (χ2v) is 7.39. The predicted octanol–water partition coefficient (Wildman–Crippen LogP) is 5.43. The third-order valence-electron chi connectivity index (χ3n) is 4.37. The van der Waals surface area contributed by atoms with Crippen LogP contribution in [0.25, 0.3) is 27.9 Å². The van der Waals surface area contributed by atoms with Crippen LogP contribution in [0.3, 0.4) is 0 Å². The van der Waals surface area contributed by atoms with Gasteiger partial charge in [-0.1, -0.05) is 24.3 Å². The number of nitro benzene ring substituents is 1. The molecule has 2 aromatic heterocycles. The van der Waals surface area contributed by atoms with E-state index in [1.165, 1.54) is 24.3 Å². The molecular formula is C23H16N4O3S. The lowest BCUT2D eigenvalue weighted by atomic mass is 10.1. The van der Waals surface area contributed by atoms with Crippen molar-refractivity contribution in [2.24, 2.45) is 0 Å². The molecule has 0 radical (unpaired) electrons. The number of thiazole rings is 1. The van der Waals surface area contributed by atoms with Gasteiger partial charge >= 0.3 is 0 Å². The quantitative estimate of drug-likeness (QED) is 0.251. The van der Waals surface area contributed by atoms with Gasteiger partial charge in [0.25, 0.3) is 5.69 Å². The fourth-order valence-corrected chi connectivity index (χ4v) is 3.72. The largest absolute Gasteiger partial charge is 0.322 e. The Bertz CT molecular complexity index is 1270. The number of pyridine rings is 1. The van der Waals surface area contributed by atoms with Crippen LogP contribution in [-0.2, 0) is 4.79 Å². The van der Waals surface area contributed by atoms with Crippen LogP contribution >= 0.6 is 11.3 Å². The van der Waals surface area contributed by atoms with Crippen molar-refractivity contribution in [1.29, 1.82) is 0 Å². The topological polar surface area (TPSA) is 98.0 Å². The third-order valence-corrected chi connectivity index (χ3v) is 5.26. The van der Waals surface area contributed by atoms with Crippen molar-refractivity contribution in [1.82, 2.24) is 9.97 Å². The number of nitro groups is 1. The zero-order valence-corrected chi connectivity index (χ0v) is 17.0. The van der Waals surface area contributed by atoms with Crippen LogP contribution in [0.4, 0.5) is 11.4 Å². The second kappa shape index (κ2) is 9.10. The number of rotatable bonds is 6. The minimum Gasteiger partial charge on any atom is -0.322 e. The van der Waals surface area contributed by atoms with Gasteiger partial charge in [-0.25, -0.2) is 4.98 Å². The molecule has 0 aliphatic carbocycles. The first-order chi connectivity index (χ1) is 15.1. The molecule has 0 fully saturated rings. The first-order valence-corrected chi connectivity index (χ1v) is 10.2. The van der Waals surface area contributed by atoms with Crippen LogP contribution in [-0.4, -0.2) is 20.8 Å². The monoisotopic (exact) mass is 428 g/mol. The highest BCUT2D eigenvalue weighted by Gasteiger charge is 2.08. The van der Waals surface area contributed by atoms with Crippen molar-refractivity contribution in [2.45, 2.75) is 0 Å². The molecule has 0 bridgehead atoms. The first-order valence-electron chi connectivity index (χ1n) is 9.28. The van der Waals surface area contributed by atoms with E-state index in [0.717, 1.165) is 21.8 Å². The van der Waals surface area contributed by atoms with E-state index in [9.17, 15) is 14.9 Å². The number of nitrogens with zero attached hydrogens (tertiary/aromatic N) is 3. The molecule has 8 heteroatoms. The van der Waals surface area contributed by atoms with E-state index in [0.29, 0.717) is 11.3 Å². The zero-order valence-electron chi connectivity index (χ0n) is 16.1. The number of non-ortho nitro benzene ring substituents is 1. The van der Waals surface area contributed by atoms with Crippen molar-refractivity contribution in [3.05, 3.63) is 100 Å². The van der Waals surface area contributed by atoms with E-state index >= 15 is 0 Å². The number of amides is 1. The number of anilines is 1. The van der Waals surface area contributed by atoms with Gasteiger partial charge in [-0.3, -0.25) is 19.9 Å². The lowest BCUT2D eigenvalue weighted by molar-refractivity contribution is -0.384. The summed E-state index contributed by atoms with van der Waals surface area (Å²) in [7, 11) is 0. The molecule has 2 heterocycles. The molecule has 152 valence electrons. The Kier molecular flexibility index (Phi) is 5.91. The van der Waals surface area contributed by atoms with Crippen molar-refractivity contribution >= 4 is 34.7 Å². The van der Waals surface area contributed by atoms with E-state index < -0.39 is 4.92 Å². The van der Waals surface area contributed by atoms with Gasteiger partial charge in [-0.15, -0.1) is 11.3 Å². The van der Waals surface area contributed by atoms with E-state index in [1.54, 1.807) is 41.9 Å². The fraction of sp³-hybridized carbons (Fsp3) is 0. The number of hydrogen-bond donors (Lipinski definition) is 1. The highest BCUT2D eigenvalue weighted by atomic mass is 32.1. The molecule has 0 saturated heterocycles. The van der Waals surface area contributed by atoms with Crippen LogP contribution in [0.5, 0.6) is 0 Å². The number of carbonyl (C=O) groups is 1. The SMILES string of the molecule is O=C(/C=C/c1cccc([N+](=O)[O-])c1)Nc1cccc(-c2csc(-c3ccncc3)n2)c1. The molecule has 0 aliphatic heterocycles. The Labute approximate surface area is 181 Å². The number of aromatic nitrogens is 2. The van der Waals surface area contributed by atoms with Crippen molar-refractivity contribution in [2.75, 3.05) is 5.32 Å². The molecule has 1 N–H and O–H groups in total. The maximum atomic E-state index is 12.3. The molecule has 0 spiro atoms. The Hall–Kier alpha value is -4.17. The molecule has 31 heavy (non-hydrogen) atoms. The van der Waals surface area contributed by atoms with E-state index in [1.807, 2.05) is 35.7 Å². The predicted molar refractivity (Wildman–Crippen MR) is 122 cm³/mol. The highest BCUT2D eigenvalue weighted by Crippen LogP contribution is 2.29. The number of nitrogens with one attached hydrogen (secondary N) is 1. The van der Waals surface area contributed by atoms with E-state index in [-0.39, 0.29) is 11.6 Å². The molecule has 0 atom stereocenters. The lowest BCUT2D eigenvalue weighted by Gasteiger charge is -2.04. The van der Waals surface area contributed by atoms with Gasteiger partial charge in [-0.05, 0) is 35.9 Å². The van der Waals surface area contributed by atoms with Gasteiger partial charge in [0.05, 0.1) is 10.6 Å². The second-order valence-electron chi connectivity index (χ2n) is 6.53. The fourth-order valence-electron chi connectivity index (χ4n) is 2.89. The number of benzene rings is 2. The van der Waals surface area contributed by atoms with Crippen LogP contribution in [0.1, 0.15) is 5.56 Å². The summed E-state index contributed by atoms with van der Waals surface area (Å²) in [6.45, 7) is 0. The van der Waals surface area contributed by atoms with Gasteiger partial charge in [0.1, 0.15) is 5.01 Å². The molecule has 7 nitrogen and oxygen atoms in total. The van der Waals surface area contributed by atoms with Gasteiger partial charge in [0.2, 0.25) is 5.91 Å². The number of hydrogen-bond acceptors (Lipinski definition) is 6. The zero-order chi connectivity index (χ0) is 21.6. The summed E-state index contributed by atoms with van der Waals surface area (Å²) in [4.78, 5) is 31.4. The maximum absolute atomic E-state index is 12.3. The average molecular weight is 428 g/mol. The van der Waals surface area contributed by atoms with Crippen LogP contribution < -0.4 is 5.32 Å². The van der Waals surface area contributed by atoms with Crippen LogP contribution in [0, 0.1) is 10.1 Å². The minimum absolute atomic E-state index is 0.0235. The number of carbonyl (C=O) groups excluding carboxylic acids is 1. The molecule has 0 unspecified atom stereocenters. The molecule has 1 amide bonds. The Morgan fingerprint density at radius 2 is 1.84 bits per heavy atom. The van der Waals surface area contributed by atoms with E-state index in [2.05, 4.69) is 15.3 Å². The summed E-state index contributed by atoms with van der Waals surface area (Å²) < 4.78 is 0. The summed E-state index contributed by atoms with van der Waals surface area (Å²) in [6.07, 6.45) is 6.34. The molecule has 2 aromatic carbocycles. The summed E-state index contributed by atoms with van der Waals surface area (Å²) in [6, 6.07) is 17.3. The molecule has 0 saturated carbocycles. The molecular weight excluding hydrogens is 412 g/mol. The lowest BCUT2D eigenvalue weighted by Crippen LogP contribution is -2.07. The normalized spacial score (nSPS) is 10.8. The Morgan fingerprint density at radius 1 is 1.03 bits per heavy atom. The average Bonchev–Trinajstić information content (AvgIpc) is 3.29. The van der Waals surface area contributed by atoms with Crippen molar-refractivity contribution < 1.29 is 9.72 Å². The summed E-state index contributed by atoms with van der Waals surface area (Å²) in [5.41, 5.74) is 3.89. The van der Waals surface area contributed by atoms with Crippen molar-refractivity contribution in [3.8, 4) is 21.8 Å². The van der Waals surface area contributed by atoms with Crippen molar-refractivity contribution in [3.63, 3.8) is 0 Å². The molecule has 0 aliphatic rings. The summed E-state index contributed by atoms with van der Waals surface area (Å²) >= 11 is 1.54. The smallest absolute Gasteiger partial charge is 0.270 e. The summed E-state index contributed by atoms with van der Waals surface area (Å²) in [5, 5.41) is 16.5. The first kappa shape index (κ1) is 20.1. The van der Waals surface area contributed by atoms with E-state index in [4.69, 9.17) is 0 Å². The standard InChI is InChI=1S/C23H16N4O3S/c28-22(8-7-16-3-1-6-20(13-16)27(29)30)25-19-5-2-4-18(14-19)21-15-31-23(26-21)17-9-11-24-12-10-17/h1-15H,(H,25,28)/b8-7+. The van der Waals surface area contributed by atoms with Gasteiger partial charge in [-0.2, -0.15) is 0 Å². The van der Waals surface area contributed by atoms with Gasteiger partial charge in [0, 0.05) is 52.8 Å². The third kappa shape index (κ3) is 5.06. The highest BCUT2D eigenvalue weighted by molar-refractivity contribution is 7.13. The summed E-state index contributed by atoms with van der Waals surface area (Å²) in [5.74, 6) is -0.334. The van der Waals surface area contributed by atoms with Crippen LogP contribution in [0.2, 0.25) is 0 Å².